The number of hydrogen-bond acceptors (Lipinski definition) is 2. The van der Waals surface area contributed by atoms with E-state index in [-0.39, 0.29) is 6.04 Å². The molecule has 2 atom stereocenters. The van der Waals surface area contributed by atoms with Gasteiger partial charge in [-0.05, 0) is 25.0 Å². The molecule has 1 aromatic heterocycles. The molecular weight excluding hydrogens is 150 g/mol. The third kappa shape index (κ3) is 1.21. The smallest absolute Gasteiger partial charge is 0.0958 e. The minimum Gasteiger partial charge on any atom is -0.364 e. The number of nitrogens with one attached hydrogen (secondary N) is 2. The highest BCUT2D eigenvalue weighted by Gasteiger charge is 2.24. The normalized spacial score (nSPS) is 28.6. The first-order valence-corrected chi connectivity index (χ1v) is 4.19. The monoisotopic (exact) mass is 161 g/mol. The lowest BCUT2D eigenvalue weighted by atomic mass is 10.1. The highest BCUT2D eigenvalue weighted by atomic mass is 15.0. The van der Waals surface area contributed by atoms with E-state index < -0.39 is 0 Å². The molecule has 0 amide bonds. The molecule has 0 unspecified atom stereocenters. The average Bonchev–Trinajstić information content (AvgIpc) is 2.75. The van der Waals surface area contributed by atoms with Gasteiger partial charge in [-0.2, -0.15) is 5.26 Å². The van der Waals surface area contributed by atoms with E-state index in [2.05, 4.69) is 22.4 Å². The SMILES string of the molecule is N#C[C@@H]1CC[C@H](c2ccc[nH]2)N1. The zero-order valence-electron chi connectivity index (χ0n) is 6.75. The van der Waals surface area contributed by atoms with Gasteiger partial charge in [-0.1, -0.05) is 0 Å². The maximum atomic E-state index is 8.66. The molecular formula is C9H11N3. The van der Waals surface area contributed by atoms with E-state index in [1.165, 1.54) is 5.69 Å². The number of aromatic nitrogens is 1. The van der Waals surface area contributed by atoms with Crippen LogP contribution >= 0.6 is 0 Å². The van der Waals surface area contributed by atoms with Gasteiger partial charge in [0.2, 0.25) is 0 Å². The van der Waals surface area contributed by atoms with Gasteiger partial charge >= 0.3 is 0 Å². The molecule has 2 N–H and O–H groups in total. The number of aromatic amines is 1. The Kier molecular flexibility index (Phi) is 1.84. The summed E-state index contributed by atoms with van der Waals surface area (Å²) in [6, 6.07) is 6.66. The fourth-order valence-corrected chi connectivity index (χ4v) is 1.65. The zero-order chi connectivity index (χ0) is 8.39. The van der Waals surface area contributed by atoms with E-state index in [9.17, 15) is 0 Å². The molecule has 2 heterocycles. The lowest BCUT2D eigenvalue weighted by Crippen LogP contribution is -2.22. The summed E-state index contributed by atoms with van der Waals surface area (Å²) in [5, 5.41) is 11.9. The Bertz CT molecular complexity index is 283. The molecule has 1 saturated heterocycles. The molecule has 3 heteroatoms. The molecule has 1 fully saturated rings. The highest BCUT2D eigenvalue weighted by Crippen LogP contribution is 2.24. The van der Waals surface area contributed by atoms with Crippen LogP contribution in [-0.2, 0) is 0 Å². The molecule has 2 rings (SSSR count). The number of H-pyrrole nitrogens is 1. The topological polar surface area (TPSA) is 51.6 Å². The number of rotatable bonds is 1. The molecule has 0 saturated carbocycles. The van der Waals surface area contributed by atoms with E-state index in [1.54, 1.807) is 0 Å². The summed E-state index contributed by atoms with van der Waals surface area (Å²) in [4.78, 5) is 3.15. The Morgan fingerprint density at radius 1 is 1.50 bits per heavy atom. The number of nitriles is 1. The van der Waals surface area contributed by atoms with Crippen molar-refractivity contribution in [2.75, 3.05) is 0 Å². The average molecular weight is 161 g/mol. The second-order valence-corrected chi connectivity index (χ2v) is 3.10. The summed E-state index contributed by atoms with van der Waals surface area (Å²) in [5.74, 6) is 0. The van der Waals surface area contributed by atoms with Crippen LogP contribution in [0.3, 0.4) is 0 Å². The van der Waals surface area contributed by atoms with Crippen molar-refractivity contribution < 1.29 is 0 Å². The fourth-order valence-electron chi connectivity index (χ4n) is 1.65. The number of nitrogens with zero attached hydrogens (tertiary/aromatic N) is 1. The fraction of sp³-hybridized carbons (Fsp3) is 0.444. The Balaban J connectivity index is 2.06. The van der Waals surface area contributed by atoms with Gasteiger partial charge in [0, 0.05) is 17.9 Å². The van der Waals surface area contributed by atoms with E-state index in [0.717, 1.165) is 12.8 Å². The van der Waals surface area contributed by atoms with Crippen LogP contribution in [-0.4, -0.2) is 11.0 Å². The Morgan fingerprint density at radius 2 is 2.42 bits per heavy atom. The molecule has 1 aromatic rings. The van der Waals surface area contributed by atoms with Crippen LogP contribution in [0.4, 0.5) is 0 Å². The lowest BCUT2D eigenvalue weighted by molar-refractivity contribution is 0.605. The van der Waals surface area contributed by atoms with Crippen molar-refractivity contribution in [2.24, 2.45) is 0 Å². The van der Waals surface area contributed by atoms with Crippen LogP contribution < -0.4 is 5.32 Å². The Labute approximate surface area is 71.4 Å². The molecule has 3 nitrogen and oxygen atoms in total. The molecule has 62 valence electrons. The summed E-state index contributed by atoms with van der Waals surface area (Å²) in [6.07, 6.45) is 3.93. The Morgan fingerprint density at radius 3 is 3.00 bits per heavy atom. The predicted octanol–water partition coefficient (Wildman–Crippen LogP) is 1.33. The molecule has 12 heavy (non-hydrogen) atoms. The van der Waals surface area contributed by atoms with Gasteiger partial charge < -0.3 is 4.98 Å². The molecule has 0 radical (unpaired) electrons. The zero-order valence-corrected chi connectivity index (χ0v) is 6.75. The Hall–Kier alpha value is -1.27. The third-order valence-electron chi connectivity index (χ3n) is 2.30. The van der Waals surface area contributed by atoms with Crippen molar-refractivity contribution in [1.82, 2.24) is 10.3 Å². The van der Waals surface area contributed by atoms with Crippen LogP contribution in [0.5, 0.6) is 0 Å². The van der Waals surface area contributed by atoms with Gasteiger partial charge in [0.05, 0.1) is 12.1 Å². The van der Waals surface area contributed by atoms with Gasteiger partial charge in [-0.3, -0.25) is 5.32 Å². The maximum absolute atomic E-state index is 8.66. The van der Waals surface area contributed by atoms with Crippen molar-refractivity contribution in [3.63, 3.8) is 0 Å². The van der Waals surface area contributed by atoms with Crippen LogP contribution in [0, 0.1) is 11.3 Å². The molecule has 0 aromatic carbocycles. The summed E-state index contributed by atoms with van der Waals surface area (Å²) in [5.41, 5.74) is 1.19. The highest BCUT2D eigenvalue weighted by molar-refractivity contribution is 5.13. The van der Waals surface area contributed by atoms with Crippen LogP contribution in [0.1, 0.15) is 24.6 Å². The van der Waals surface area contributed by atoms with E-state index in [0.29, 0.717) is 6.04 Å². The van der Waals surface area contributed by atoms with Crippen molar-refractivity contribution in [3.05, 3.63) is 24.0 Å². The second-order valence-electron chi connectivity index (χ2n) is 3.10. The van der Waals surface area contributed by atoms with Crippen molar-refractivity contribution in [2.45, 2.75) is 24.9 Å². The van der Waals surface area contributed by atoms with E-state index in [1.807, 2.05) is 12.3 Å². The quantitative estimate of drug-likeness (QED) is 0.652. The van der Waals surface area contributed by atoms with Gasteiger partial charge in [-0.15, -0.1) is 0 Å². The predicted molar refractivity (Wildman–Crippen MR) is 45.3 cm³/mol. The minimum absolute atomic E-state index is 0.0401. The van der Waals surface area contributed by atoms with Gasteiger partial charge in [0.25, 0.3) is 0 Å². The molecule has 1 aliphatic heterocycles. The molecule has 0 aliphatic carbocycles. The van der Waals surface area contributed by atoms with E-state index >= 15 is 0 Å². The van der Waals surface area contributed by atoms with Gasteiger partial charge in [-0.25, -0.2) is 0 Å². The first-order chi connectivity index (χ1) is 5.90. The molecule has 0 spiro atoms. The van der Waals surface area contributed by atoms with Gasteiger partial charge in [0.15, 0.2) is 0 Å². The van der Waals surface area contributed by atoms with Gasteiger partial charge in [0.1, 0.15) is 0 Å². The van der Waals surface area contributed by atoms with E-state index in [4.69, 9.17) is 5.26 Å². The van der Waals surface area contributed by atoms with Crippen LogP contribution in [0.15, 0.2) is 18.3 Å². The minimum atomic E-state index is 0.0401. The van der Waals surface area contributed by atoms with Crippen molar-refractivity contribution in [1.29, 1.82) is 5.26 Å². The number of hydrogen-bond donors (Lipinski definition) is 2. The summed E-state index contributed by atoms with van der Waals surface area (Å²) in [6.45, 7) is 0. The maximum Gasteiger partial charge on any atom is 0.0958 e. The lowest BCUT2D eigenvalue weighted by Gasteiger charge is -2.07. The van der Waals surface area contributed by atoms with Crippen LogP contribution in [0.2, 0.25) is 0 Å². The summed E-state index contributed by atoms with van der Waals surface area (Å²) < 4.78 is 0. The molecule has 0 bridgehead atoms. The standard InChI is InChI=1S/C9H11N3/c10-6-7-3-4-9(12-7)8-2-1-5-11-8/h1-2,5,7,9,11-12H,3-4H2/t7-,9+/m0/s1. The second kappa shape index (κ2) is 3.00. The largest absolute Gasteiger partial charge is 0.364 e. The summed E-state index contributed by atoms with van der Waals surface area (Å²) in [7, 11) is 0. The third-order valence-corrected chi connectivity index (χ3v) is 2.30. The van der Waals surface area contributed by atoms with Crippen molar-refractivity contribution in [3.8, 4) is 6.07 Å². The first-order valence-electron chi connectivity index (χ1n) is 4.19. The molecule has 1 aliphatic rings. The first kappa shape index (κ1) is 7.38. The van der Waals surface area contributed by atoms with Crippen LogP contribution in [0.25, 0.3) is 0 Å². The van der Waals surface area contributed by atoms with Crippen molar-refractivity contribution >= 4 is 0 Å². The summed E-state index contributed by atoms with van der Waals surface area (Å²) >= 11 is 0.